The molecular weight excluding hydrogens is 412 g/mol. The Morgan fingerprint density at radius 1 is 1.00 bits per heavy atom. The van der Waals surface area contributed by atoms with Crippen molar-refractivity contribution in [3.63, 3.8) is 0 Å². The lowest BCUT2D eigenvalue weighted by atomic mass is 10.1. The minimum atomic E-state index is -4.36. The van der Waals surface area contributed by atoms with E-state index < -0.39 is 11.7 Å². The van der Waals surface area contributed by atoms with Crippen LogP contribution in [-0.4, -0.2) is 36.9 Å². The quantitative estimate of drug-likeness (QED) is 0.472. The van der Waals surface area contributed by atoms with E-state index in [1.54, 1.807) is 24.4 Å². The van der Waals surface area contributed by atoms with Gasteiger partial charge in [0.1, 0.15) is 0 Å². The first-order chi connectivity index (χ1) is 13.2. The van der Waals surface area contributed by atoms with E-state index in [4.69, 9.17) is 23.2 Å². The number of halogens is 5. The molecule has 148 valence electrons. The van der Waals surface area contributed by atoms with Crippen LogP contribution in [0.2, 0.25) is 10.0 Å². The Balaban J connectivity index is 1.60. The molecule has 0 aromatic heterocycles. The van der Waals surface area contributed by atoms with Gasteiger partial charge in [0.15, 0.2) is 5.78 Å². The molecule has 0 radical (unpaired) electrons. The molecule has 0 aliphatic carbocycles. The van der Waals surface area contributed by atoms with Gasteiger partial charge in [0.2, 0.25) is 0 Å². The van der Waals surface area contributed by atoms with Crippen molar-refractivity contribution in [2.45, 2.75) is 6.18 Å². The van der Waals surface area contributed by atoms with Crippen LogP contribution >= 0.6 is 23.2 Å². The molecule has 2 aromatic carbocycles. The topological polar surface area (TPSA) is 23.6 Å². The molecule has 3 nitrogen and oxygen atoms in total. The fraction of sp³-hybridized carbons (Fsp3) is 0.250. The molecular formula is C20H17Cl2F3N2O. The number of hydrogen-bond acceptors (Lipinski definition) is 3. The standard InChI is InChI=1S/C20H17Cl2F3N2O/c21-15-4-5-17(18(22)13-15)19(28)6-7-26-8-10-27(11-9-26)16-3-1-2-14(12-16)20(23,24)25/h1-7,12-13H,8-11H2. The monoisotopic (exact) mass is 428 g/mol. The zero-order chi connectivity index (χ0) is 20.3. The van der Waals surface area contributed by atoms with Gasteiger partial charge in [0.05, 0.1) is 10.6 Å². The number of hydrogen-bond donors (Lipinski definition) is 0. The fourth-order valence-electron chi connectivity index (χ4n) is 2.96. The van der Waals surface area contributed by atoms with E-state index in [1.165, 1.54) is 18.2 Å². The first-order valence-electron chi connectivity index (χ1n) is 8.58. The Morgan fingerprint density at radius 2 is 1.71 bits per heavy atom. The molecule has 1 fully saturated rings. The SMILES string of the molecule is O=C(C=CN1CCN(c2cccc(C(F)(F)F)c2)CC1)c1ccc(Cl)cc1Cl. The molecule has 0 atom stereocenters. The number of ketones is 1. The number of nitrogens with zero attached hydrogens (tertiary/aromatic N) is 2. The first kappa shape index (κ1) is 20.6. The van der Waals surface area contributed by atoms with Crippen molar-refractivity contribution >= 4 is 34.7 Å². The van der Waals surface area contributed by atoms with Crippen molar-refractivity contribution in [3.8, 4) is 0 Å². The summed E-state index contributed by atoms with van der Waals surface area (Å²) in [5.41, 5.74) is 0.255. The highest BCUT2D eigenvalue weighted by Gasteiger charge is 2.31. The Morgan fingerprint density at radius 3 is 2.36 bits per heavy atom. The lowest BCUT2D eigenvalue weighted by molar-refractivity contribution is -0.137. The summed E-state index contributed by atoms with van der Waals surface area (Å²) in [6, 6.07) is 10.0. The largest absolute Gasteiger partial charge is 0.416 e. The van der Waals surface area contributed by atoms with Crippen LogP contribution in [0.5, 0.6) is 0 Å². The summed E-state index contributed by atoms with van der Waals surface area (Å²) in [5, 5.41) is 0.743. The molecule has 1 aliphatic rings. The summed E-state index contributed by atoms with van der Waals surface area (Å²) in [6.07, 6.45) is -1.23. The van der Waals surface area contributed by atoms with Gasteiger partial charge in [-0.3, -0.25) is 4.79 Å². The van der Waals surface area contributed by atoms with Crippen LogP contribution in [0.15, 0.2) is 54.7 Å². The molecule has 1 aliphatic heterocycles. The van der Waals surface area contributed by atoms with Gasteiger partial charge in [-0.2, -0.15) is 13.2 Å². The van der Waals surface area contributed by atoms with E-state index in [0.717, 1.165) is 12.1 Å². The smallest absolute Gasteiger partial charge is 0.374 e. The van der Waals surface area contributed by atoms with Crippen molar-refractivity contribution in [1.29, 1.82) is 0 Å². The maximum Gasteiger partial charge on any atom is 0.416 e. The number of carbonyl (C=O) groups is 1. The van der Waals surface area contributed by atoms with Gasteiger partial charge in [0.25, 0.3) is 0 Å². The van der Waals surface area contributed by atoms with Crippen molar-refractivity contribution in [1.82, 2.24) is 4.90 Å². The zero-order valence-corrected chi connectivity index (χ0v) is 16.2. The van der Waals surface area contributed by atoms with Gasteiger partial charge in [-0.15, -0.1) is 0 Å². The first-order valence-corrected chi connectivity index (χ1v) is 9.33. The van der Waals surface area contributed by atoms with E-state index in [2.05, 4.69) is 0 Å². The second-order valence-electron chi connectivity index (χ2n) is 6.38. The number of benzene rings is 2. The maximum atomic E-state index is 12.9. The summed E-state index contributed by atoms with van der Waals surface area (Å²) >= 11 is 11.9. The number of piperazine rings is 1. The Hall–Kier alpha value is -2.18. The molecule has 0 N–H and O–H groups in total. The third-order valence-corrected chi connectivity index (χ3v) is 5.03. The predicted octanol–water partition coefficient (Wildman–Crippen LogP) is 5.53. The van der Waals surface area contributed by atoms with E-state index in [9.17, 15) is 18.0 Å². The summed E-state index contributed by atoms with van der Waals surface area (Å²) in [7, 11) is 0. The van der Waals surface area contributed by atoms with Gasteiger partial charge >= 0.3 is 6.18 Å². The maximum absolute atomic E-state index is 12.9. The minimum absolute atomic E-state index is 0.234. The van der Waals surface area contributed by atoms with E-state index >= 15 is 0 Å². The van der Waals surface area contributed by atoms with E-state index in [1.807, 2.05) is 9.80 Å². The molecule has 3 rings (SSSR count). The molecule has 0 spiro atoms. The molecule has 1 saturated heterocycles. The summed E-state index contributed by atoms with van der Waals surface area (Å²) in [4.78, 5) is 16.1. The Kier molecular flexibility index (Phi) is 6.20. The third-order valence-electron chi connectivity index (χ3n) is 4.49. The van der Waals surface area contributed by atoms with Crippen molar-refractivity contribution in [2.24, 2.45) is 0 Å². The number of anilines is 1. The van der Waals surface area contributed by atoms with Gasteiger partial charge in [-0.05, 0) is 36.4 Å². The summed E-state index contributed by atoms with van der Waals surface area (Å²) in [6.45, 7) is 2.30. The Labute approximate surface area is 170 Å². The van der Waals surface area contributed by atoms with Crippen LogP contribution in [0.1, 0.15) is 15.9 Å². The zero-order valence-electron chi connectivity index (χ0n) is 14.7. The van der Waals surface area contributed by atoms with Crippen LogP contribution in [0.25, 0.3) is 0 Å². The molecule has 0 bridgehead atoms. The number of rotatable bonds is 4. The highest BCUT2D eigenvalue weighted by molar-refractivity contribution is 6.37. The minimum Gasteiger partial charge on any atom is -0.374 e. The highest BCUT2D eigenvalue weighted by atomic mass is 35.5. The molecule has 0 saturated carbocycles. The lowest BCUT2D eigenvalue weighted by Gasteiger charge is -2.35. The van der Waals surface area contributed by atoms with Crippen LogP contribution in [-0.2, 0) is 6.18 Å². The van der Waals surface area contributed by atoms with Crippen LogP contribution in [0.3, 0.4) is 0 Å². The highest BCUT2D eigenvalue weighted by Crippen LogP contribution is 2.32. The third kappa shape index (κ3) is 5.00. The Bertz CT molecular complexity index is 891. The predicted molar refractivity (Wildman–Crippen MR) is 105 cm³/mol. The summed E-state index contributed by atoms with van der Waals surface area (Å²) < 4.78 is 38.6. The van der Waals surface area contributed by atoms with Crippen LogP contribution in [0.4, 0.5) is 18.9 Å². The second-order valence-corrected chi connectivity index (χ2v) is 7.22. The average molecular weight is 429 g/mol. The molecule has 8 heteroatoms. The number of alkyl halides is 3. The van der Waals surface area contributed by atoms with Crippen molar-refractivity contribution in [2.75, 3.05) is 31.1 Å². The molecule has 28 heavy (non-hydrogen) atoms. The fourth-order valence-corrected chi connectivity index (χ4v) is 3.46. The molecule has 0 unspecified atom stereocenters. The normalized spacial score (nSPS) is 15.3. The van der Waals surface area contributed by atoms with Crippen LogP contribution < -0.4 is 4.90 Å². The number of carbonyl (C=O) groups excluding carboxylic acids is 1. The second kappa shape index (κ2) is 8.45. The van der Waals surface area contributed by atoms with Crippen molar-refractivity contribution < 1.29 is 18.0 Å². The molecule has 0 amide bonds. The van der Waals surface area contributed by atoms with Gasteiger partial charge in [-0.25, -0.2) is 0 Å². The van der Waals surface area contributed by atoms with E-state index in [0.29, 0.717) is 42.5 Å². The van der Waals surface area contributed by atoms with Gasteiger partial charge in [0, 0.05) is 54.7 Å². The van der Waals surface area contributed by atoms with Crippen molar-refractivity contribution in [3.05, 3.63) is 75.9 Å². The van der Waals surface area contributed by atoms with E-state index in [-0.39, 0.29) is 10.8 Å². The molecule has 2 aromatic rings. The molecule has 1 heterocycles. The summed E-state index contributed by atoms with van der Waals surface area (Å²) in [5.74, 6) is -0.234. The average Bonchev–Trinajstić information content (AvgIpc) is 2.66. The lowest BCUT2D eigenvalue weighted by Crippen LogP contribution is -2.44. The van der Waals surface area contributed by atoms with Gasteiger partial charge < -0.3 is 9.80 Å². The van der Waals surface area contributed by atoms with Gasteiger partial charge in [-0.1, -0.05) is 29.3 Å². The van der Waals surface area contributed by atoms with Crippen LogP contribution in [0, 0.1) is 0 Å². The number of allylic oxidation sites excluding steroid dienone is 1.